The van der Waals surface area contributed by atoms with Gasteiger partial charge in [-0.2, -0.15) is 0 Å². The molecule has 7 nitrogen and oxygen atoms in total. The van der Waals surface area contributed by atoms with E-state index < -0.39 is 17.3 Å². The Kier molecular flexibility index (Phi) is 5.21. The molecule has 0 aliphatic heterocycles. The molecule has 0 bridgehead atoms. The number of aromatic nitrogens is 1. The standard InChI is InChI=1S/C20H18N2O5/c1-3-27-20(25)12-6-4-7-13(10-12)22-19(24)15-11-21-17-14(18(15)23)8-5-9-16(17)26-2/h4-11H,3H2,1-2H3,(H,21,23)(H,22,24). The second-order valence-electron chi connectivity index (χ2n) is 5.67. The molecule has 3 rings (SSSR count). The third kappa shape index (κ3) is 3.67. The number of methoxy groups -OCH3 is 1. The number of ether oxygens (including phenoxy) is 2. The molecule has 0 saturated carbocycles. The van der Waals surface area contributed by atoms with Gasteiger partial charge in [0.1, 0.15) is 11.3 Å². The molecule has 138 valence electrons. The Morgan fingerprint density at radius 3 is 2.67 bits per heavy atom. The second kappa shape index (κ2) is 7.74. The van der Waals surface area contributed by atoms with Crippen molar-refractivity contribution in [1.29, 1.82) is 0 Å². The number of fused-ring (bicyclic) bond motifs is 1. The first kappa shape index (κ1) is 18.2. The maximum atomic E-state index is 12.7. The average Bonchev–Trinajstić information content (AvgIpc) is 2.68. The van der Waals surface area contributed by atoms with Gasteiger partial charge in [-0.3, -0.25) is 9.59 Å². The first-order valence-electron chi connectivity index (χ1n) is 8.32. The van der Waals surface area contributed by atoms with Crippen molar-refractivity contribution in [3.8, 4) is 5.75 Å². The van der Waals surface area contributed by atoms with Crippen LogP contribution in [-0.4, -0.2) is 30.6 Å². The molecule has 7 heteroatoms. The van der Waals surface area contributed by atoms with Crippen molar-refractivity contribution in [2.75, 3.05) is 19.0 Å². The van der Waals surface area contributed by atoms with Crippen LogP contribution in [0.15, 0.2) is 53.5 Å². The van der Waals surface area contributed by atoms with E-state index in [2.05, 4.69) is 10.3 Å². The van der Waals surface area contributed by atoms with Gasteiger partial charge in [-0.15, -0.1) is 0 Å². The lowest BCUT2D eigenvalue weighted by atomic mass is 10.1. The Morgan fingerprint density at radius 2 is 1.93 bits per heavy atom. The van der Waals surface area contributed by atoms with Gasteiger partial charge in [0.05, 0.1) is 30.2 Å². The molecular weight excluding hydrogens is 348 g/mol. The Labute approximate surface area is 154 Å². The summed E-state index contributed by atoms with van der Waals surface area (Å²) in [5.74, 6) is -0.551. The number of benzene rings is 2. The van der Waals surface area contributed by atoms with Crippen LogP contribution in [0.2, 0.25) is 0 Å². The van der Waals surface area contributed by atoms with Crippen LogP contribution in [0.3, 0.4) is 0 Å². The summed E-state index contributed by atoms with van der Waals surface area (Å²) in [5.41, 5.74) is 0.757. The Bertz CT molecular complexity index is 1070. The minimum Gasteiger partial charge on any atom is -0.495 e. The zero-order valence-corrected chi connectivity index (χ0v) is 14.9. The van der Waals surface area contributed by atoms with Crippen LogP contribution < -0.4 is 15.5 Å². The number of hydrogen-bond acceptors (Lipinski definition) is 5. The zero-order valence-electron chi connectivity index (χ0n) is 14.9. The van der Waals surface area contributed by atoms with Gasteiger partial charge < -0.3 is 19.8 Å². The summed E-state index contributed by atoms with van der Waals surface area (Å²) in [6.07, 6.45) is 1.34. The summed E-state index contributed by atoms with van der Waals surface area (Å²) < 4.78 is 10.2. The van der Waals surface area contributed by atoms with Gasteiger partial charge in [0, 0.05) is 11.9 Å². The van der Waals surface area contributed by atoms with E-state index in [1.807, 2.05) is 0 Å². The first-order valence-corrected chi connectivity index (χ1v) is 8.32. The Balaban J connectivity index is 1.91. The van der Waals surface area contributed by atoms with E-state index in [-0.39, 0.29) is 12.2 Å². The maximum Gasteiger partial charge on any atom is 0.338 e. The van der Waals surface area contributed by atoms with Crippen LogP contribution in [0.4, 0.5) is 5.69 Å². The van der Waals surface area contributed by atoms with Gasteiger partial charge in [-0.25, -0.2) is 4.79 Å². The molecule has 0 radical (unpaired) electrons. The normalized spacial score (nSPS) is 10.4. The topological polar surface area (TPSA) is 97.5 Å². The SMILES string of the molecule is CCOC(=O)c1cccc(NC(=O)c2c[nH]c3c(OC)cccc3c2=O)c1. The lowest BCUT2D eigenvalue weighted by Crippen LogP contribution is -2.22. The molecule has 27 heavy (non-hydrogen) atoms. The Hall–Kier alpha value is -3.61. The number of rotatable bonds is 5. The van der Waals surface area contributed by atoms with Crippen molar-refractivity contribution in [2.45, 2.75) is 6.92 Å². The molecule has 1 heterocycles. The number of hydrogen-bond donors (Lipinski definition) is 2. The van der Waals surface area contributed by atoms with Crippen molar-refractivity contribution < 1.29 is 19.1 Å². The summed E-state index contributed by atoms with van der Waals surface area (Å²) in [6, 6.07) is 11.3. The third-order valence-electron chi connectivity index (χ3n) is 3.97. The van der Waals surface area contributed by atoms with E-state index in [1.165, 1.54) is 19.4 Å². The molecule has 0 aliphatic rings. The van der Waals surface area contributed by atoms with Crippen LogP contribution in [0.1, 0.15) is 27.6 Å². The van der Waals surface area contributed by atoms with E-state index in [0.29, 0.717) is 27.9 Å². The van der Waals surface area contributed by atoms with Crippen molar-refractivity contribution >= 4 is 28.5 Å². The van der Waals surface area contributed by atoms with E-state index in [4.69, 9.17) is 9.47 Å². The number of carbonyl (C=O) groups excluding carboxylic acids is 2. The summed E-state index contributed by atoms with van der Waals surface area (Å²) in [7, 11) is 1.50. The molecule has 0 saturated heterocycles. The number of nitrogens with one attached hydrogen (secondary N) is 2. The highest BCUT2D eigenvalue weighted by atomic mass is 16.5. The zero-order chi connectivity index (χ0) is 19.4. The fraction of sp³-hybridized carbons (Fsp3) is 0.150. The molecule has 0 atom stereocenters. The van der Waals surface area contributed by atoms with Crippen LogP contribution in [-0.2, 0) is 4.74 Å². The lowest BCUT2D eigenvalue weighted by molar-refractivity contribution is 0.0526. The summed E-state index contributed by atoms with van der Waals surface area (Å²) in [4.78, 5) is 40.0. The van der Waals surface area contributed by atoms with Gasteiger partial charge in [0.25, 0.3) is 5.91 Å². The largest absolute Gasteiger partial charge is 0.495 e. The number of carbonyl (C=O) groups is 2. The van der Waals surface area contributed by atoms with Crippen LogP contribution in [0, 0.1) is 0 Å². The summed E-state index contributed by atoms with van der Waals surface area (Å²) in [5, 5.41) is 2.98. The smallest absolute Gasteiger partial charge is 0.338 e. The summed E-state index contributed by atoms with van der Waals surface area (Å²) in [6.45, 7) is 1.97. The molecule has 1 aromatic heterocycles. The van der Waals surface area contributed by atoms with Crippen molar-refractivity contribution in [3.63, 3.8) is 0 Å². The highest BCUT2D eigenvalue weighted by Gasteiger charge is 2.15. The summed E-state index contributed by atoms with van der Waals surface area (Å²) >= 11 is 0. The molecule has 2 N–H and O–H groups in total. The van der Waals surface area contributed by atoms with Crippen LogP contribution in [0.25, 0.3) is 10.9 Å². The molecule has 2 aromatic carbocycles. The predicted octanol–water partition coefficient (Wildman–Crippen LogP) is 2.97. The Morgan fingerprint density at radius 1 is 1.15 bits per heavy atom. The van der Waals surface area contributed by atoms with E-state index in [0.717, 1.165) is 0 Å². The van der Waals surface area contributed by atoms with Gasteiger partial charge in [0.15, 0.2) is 0 Å². The van der Waals surface area contributed by atoms with Crippen LogP contribution >= 0.6 is 0 Å². The van der Waals surface area contributed by atoms with Gasteiger partial charge >= 0.3 is 5.97 Å². The number of para-hydroxylation sites is 1. The number of aromatic amines is 1. The fourth-order valence-electron chi connectivity index (χ4n) is 2.70. The predicted molar refractivity (Wildman–Crippen MR) is 101 cm³/mol. The second-order valence-corrected chi connectivity index (χ2v) is 5.67. The van der Waals surface area contributed by atoms with Crippen molar-refractivity contribution in [3.05, 3.63) is 70.0 Å². The molecule has 0 aliphatic carbocycles. The number of anilines is 1. The fourth-order valence-corrected chi connectivity index (χ4v) is 2.70. The van der Waals surface area contributed by atoms with Gasteiger partial charge in [-0.05, 0) is 37.3 Å². The third-order valence-corrected chi connectivity index (χ3v) is 3.97. The highest BCUT2D eigenvalue weighted by molar-refractivity contribution is 6.06. The number of amides is 1. The minimum absolute atomic E-state index is 0.0442. The first-order chi connectivity index (χ1) is 13.0. The van der Waals surface area contributed by atoms with Crippen molar-refractivity contribution in [1.82, 2.24) is 4.98 Å². The van der Waals surface area contributed by atoms with Crippen LogP contribution in [0.5, 0.6) is 5.75 Å². The monoisotopic (exact) mass is 366 g/mol. The molecule has 0 fully saturated rings. The average molecular weight is 366 g/mol. The molecule has 3 aromatic rings. The number of H-pyrrole nitrogens is 1. The maximum absolute atomic E-state index is 12.7. The molecular formula is C20H18N2O5. The molecule has 0 unspecified atom stereocenters. The van der Waals surface area contributed by atoms with Gasteiger partial charge in [-0.1, -0.05) is 12.1 Å². The van der Waals surface area contributed by atoms with Crippen molar-refractivity contribution in [2.24, 2.45) is 0 Å². The molecule has 1 amide bonds. The highest BCUT2D eigenvalue weighted by Crippen LogP contribution is 2.21. The quantitative estimate of drug-likeness (QED) is 0.677. The molecule has 0 spiro atoms. The van der Waals surface area contributed by atoms with E-state index in [1.54, 1.807) is 43.3 Å². The number of pyridine rings is 1. The number of esters is 1. The van der Waals surface area contributed by atoms with E-state index in [9.17, 15) is 14.4 Å². The van der Waals surface area contributed by atoms with Gasteiger partial charge in [0.2, 0.25) is 5.43 Å². The van der Waals surface area contributed by atoms with E-state index >= 15 is 0 Å². The lowest BCUT2D eigenvalue weighted by Gasteiger charge is -2.09. The minimum atomic E-state index is -0.582.